The Kier molecular flexibility index (Phi) is 8.51. The predicted octanol–water partition coefficient (Wildman–Crippen LogP) is 5.46. The fourth-order valence-electron chi connectivity index (χ4n) is 1.73. The Hall–Kier alpha value is -2.30. The summed E-state index contributed by atoms with van der Waals surface area (Å²) >= 11 is 0. The standard InChI is InChI=1S/C15H12F14O4/c1-5(9(31)33-7(3)11(18,19)13(22,23)15(27,28)29)4-8(30)32-6(2)10(16,17)12(20,21)14(24,25)26/h4,6-7H,1-3H3/b5-4+. The van der Waals surface area contributed by atoms with Crippen LogP contribution >= 0.6 is 0 Å². The Balaban J connectivity index is 5.47. The molecule has 18 heteroatoms. The number of hydrogen-bond donors (Lipinski definition) is 0. The molecule has 0 radical (unpaired) electrons. The monoisotopic (exact) mass is 522 g/mol. The minimum Gasteiger partial charge on any atom is -0.453 e. The van der Waals surface area contributed by atoms with Gasteiger partial charge in [0, 0.05) is 11.6 Å². The van der Waals surface area contributed by atoms with Crippen LogP contribution in [0.2, 0.25) is 0 Å². The second-order valence-corrected chi connectivity index (χ2v) is 6.34. The summed E-state index contributed by atoms with van der Waals surface area (Å²) in [5.74, 6) is -29.8. The van der Waals surface area contributed by atoms with Gasteiger partial charge in [-0.1, -0.05) is 0 Å². The summed E-state index contributed by atoms with van der Waals surface area (Å²) in [6.45, 7) is 0.245. The van der Waals surface area contributed by atoms with E-state index in [9.17, 15) is 71.1 Å². The lowest BCUT2D eigenvalue weighted by Gasteiger charge is -2.32. The van der Waals surface area contributed by atoms with Crippen LogP contribution in [0.5, 0.6) is 0 Å². The molecule has 2 atom stereocenters. The zero-order valence-electron chi connectivity index (χ0n) is 16.2. The highest BCUT2D eigenvalue weighted by Gasteiger charge is 2.76. The molecule has 4 nitrogen and oxygen atoms in total. The molecule has 0 bridgehead atoms. The van der Waals surface area contributed by atoms with Gasteiger partial charge in [0.1, 0.15) is 0 Å². The highest BCUT2D eigenvalue weighted by molar-refractivity contribution is 5.96. The van der Waals surface area contributed by atoms with Crippen LogP contribution in [0.15, 0.2) is 11.6 Å². The number of carbonyl (C=O) groups excluding carboxylic acids is 2. The topological polar surface area (TPSA) is 52.6 Å². The maximum atomic E-state index is 13.4. The molecule has 0 fully saturated rings. The number of rotatable bonds is 8. The van der Waals surface area contributed by atoms with Crippen molar-refractivity contribution in [3.8, 4) is 0 Å². The van der Waals surface area contributed by atoms with Crippen LogP contribution in [0.3, 0.4) is 0 Å². The molecule has 0 saturated heterocycles. The number of carbonyl (C=O) groups is 2. The molecule has 0 N–H and O–H groups in total. The normalized spacial score (nSPS) is 16.8. The van der Waals surface area contributed by atoms with Crippen molar-refractivity contribution >= 4 is 11.9 Å². The molecule has 0 rings (SSSR count). The van der Waals surface area contributed by atoms with Gasteiger partial charge in [0.05, 0.1) is 0 Å². The van der Waals surface area contributed by atoms with Crippen molar-refractivity contribution in [2.75, 3.05) is 0 Å². The van der Waals surface area contributed by atoms with Gasteiger partial charge in [-0.25, -0.2) is 9.59 Å². The summed E-state index contributed by atoms with van der Waals surface area (Å²) in [7, 11) is 0. The maximum Gasteiger partial charge on any atom is 0.460 e. The van der Waals surface area contributed by atoms with E-state index in [-0.39, 0.29) is 19.9 Å². The first-order valence-corrected chi connectivity index (χ1v) is 7.99. The van der Waals surface area contributed by atoms with E-state index in [0.29, 0.717) is 6.92 Å². The highest BCUT2D eigenvalue weighted by atomic mass is 19.4. The molecule has 0 spiro atoms. The molecular formula is C15H12F14O4. The number of alkyl halides is 14. The molecule has 0 aliphatic heterocycles. The summed E-state index contributed by atoms with van der Waals surface area (Å²) < 4.78 is 185. The second-order valence-electron chi connectivity index (χ2n) is 6.34. The Labute approximate surface area is 174 Å². The Morgan fingerprint density at radius 2 is 0.939 bits per heavy atom. The minimum atomic E-state index is -6.77. The zero-order valence-corrected chi connectivity index (χ0v) is 16.2. The molecule has 0 heterocycles. The molecule has 0 saturated carbocycles. The molecule has 0 aromatic heterocycles. The molecule has 0 aromatic rings. The van der Waals surface area contributed by atoms with Gasteiger partial charge in [0.25, 0.3) is 0 Å². The van der Waals surface area contributed by atoms with E-state index < -0.39 is 65.8 Å². The van der Waals surface area contributed by atoms with Gasteiger partial charge in [-0.2, -0.15) is 61.5 Å². The summed E-state index contributed by atoms with van der Waals surface area (Å²) in [4.78, 5) is 22.9. The van der Waals surface area contributed by atoms with Gasteiger partial charge < -0.3 is 9.47 Å². The summed E-state index contributed by atoms with van der Waals surface area (Å²) in [5, 5.41) is 0. The van der Waals surface area contributed by atoms with Crippen molar-refractivity contribution in [3.05, 3.63) is 11.6 Å². The molecular weight excluding hydrogens is 510 g/mol. The van der Waals surface area contributed by atoms with E-state index in [1.807, 2.05) is 0 Å². The third-order valence-corrected chi connectivity index (χ3v) is 3.80. The molecule has 0 aliphatic carbocycles. The lowest BCUT2D eigenvalue weighted by Crippen LogP contribution is -2.58. The lowest BCUT2D eigenvalue weighted by atomic mass is 10.1. The fraction of sp³-hybridized carbons (Fsp3) is 0.733. The van der Waals surface area contributed by atoms with Crippen molar-refractivity contribution in [2.45, 2.75) is 69.0 Å². The van der Waals surface area contributed by atoms with Gasteiger partial charge in [-0.05, 0) is 20.8 Å². The van der Waals surface area contributed by atoms with Crippen LogP contribution < -0.4 is 0 Å². The quantitative estimate of drug-likeness (QED) is 0.242. The SMILES string of the molecule is C/C(=C\C(=O)OC(C)C(F)(F)C(F)(F)C(F)(F)F)C(=O)OC(C)C(F)(F)C(F)(F)C(F)(F)F. The van der Waals surface area contributed by atoms with Crippen molar-refractivity contribution in [2.24, 2.45) is 0 Å². The van der Waals surface area contributed by atoms with Crippen LogP contribution in [0, 0.1) is 0 Å². The molecule has 33 heavy (non-hydrogen) atoms. The molecule has 194 valence electrons. The van der Waals surface area contributed by atoms with Crippen molar-refractivity contribution < 1.29 is 80.5 Å². The second kappa shape index (κ2) is 9.15. The van der Waals surface area contributed by atoms with Gasteiger partial charge in [0.2, 0.25) is 0 Å². The average molecular weight is 522 g/mol. The first kappa shape index (κ1) is 30.7. The average Bonchev–Trinajstić information content (AvgIpc) is 2.58. The van der Waals surface area contributed by atoms with E-state index in [2.05, 4.69) is 9.47 Å². The van der Waals surface area contributed by atoms with Gasteiger partial charge >= 0.3 is 48.0 Å². The van der Waals surface area contributed by atoms with Gasteiger partial charge in [0.15, 0.2) is 12.2 Å². The Bertz CT molecular complexity index is 766. The number of esters is 2. The van der Waals surface area contributed by atoms with E-state index in [1.54, 1.807) is 0 Å². The number of halogens is 14. The largest absolute Gasteiger partial charge is 0.460 e. The Morgan fingerprint density at radius 1 is 0.636 bits per heavy atom. The van der Waals surface area contributed by atoms with Gasteiger partial charge in [-0.3, -0.25) is 0 Å². The van der Waals surface area contributed by atoms with E-state index in [4.69, 9.17) is 0 Å². The third kappa shape index (κ3) is 5.99. The Morgan fingerprint density at radius 3 is 1.24 bits per heavy atom. The molecule has 0 aromatic carbocycles. The van der Waals surface area contributed by atoms with Crippen LogP contribution in [0.4, 0.5) is 61.5 Å². The number of ether oxygens (including phenoxy) is 2. The first-order valence-electron chi connectivity index (χ1n) is 7.99. The summed E-state index contributed by atoms with van der Waals surface area (Å²) in [6.07, 6.45) is -20.8. The van der Waals surface area contributed by atoms with Crippen molar-refractivity contribution in [1.29, 1.82) is 0 Å². The molecule has 0 aliphatic rings. The maximum absolute atomic E-state index is 13.4. The minimum absolute atomic E-state index is 0.0923. The van der Waals surface area contributed by atoms with Crippen LogP contribution in [0.25, 0.3) is 0 Å². The third-order valence-electron chi connectivity index (χ3n) is 3.80. The molecule has 2 unspecified atom stereocenters. The summed E-state index contributed by atoms with van der Waals surface area (Å²) in [5.41, 5.74) is -1.27. The van der Waals surface area contributed by atoms with E-state index >= 15 is 0 Å². The van der Waals surface area contributed by atoms with Crippen LogP contribution in [-0.2, 0) is 19.1 Å². The van der Waals surface area contributed by atoms with Gasteiger partial charge in [-0.15, -0.1) is 0 Å². The predicted molar refractivity (Wildman–Crippen MR) is 76.8 cm³/mol. The lowest BCUT2D eigenvalue weighted by molar-refractivity contribution is -0.369. The van der Waals surface area contributed by atoms with Crippen LogP contribution in [-0.4, -0.2) is 60.2 Å². The fourth-order valence-corrected chi connectivity index (χ4v) is 1.73. The van der Waals surface area contributed by atoms with E-state index in [0.717, 1.165) is 0 Å². The summed E-state index contributed by atoms with van der Waals surface area (Å²) in [6, 6.07) is 0. The number of hydrogen-bond acceptors (Lipinski definition) is 4. The first-order chi connectivity index (χ1) is 14.2. The smallest absolute Gasteiger partial charge is 0.453 e. The van der Waals surface area contributed by atoms with E-state index in [1.165, 1.54) is 0 Å². The van der Waals surface area contributed by atoms with Crippen molar-refractivity contribution in [1.82, 2.24) is 0 Å². The molecule has 0 amide bonds. The highest BCUT2D eigenvalue weighted by Crippen LogP contribution is 2.49. The van der Waals surface area contributed by atoms with Crippen LogP contribution in [0.1, 0.15) is 20.8 Å². The zero-order chi connectivity index (χ0) is 27.0. The van der Waals surface area contributed by atoms with Crippen molar-refractivity contribution in [3.63, 3.8) is 0 Å².